The zero-order valence-corrected chi connectivity index (χ0v) is 13.7. The predicted octanol–water partition coefficient (Wildman–Crippen LogP) is 2.96. The summed E-state index contributed by atoms with van der Waals surface area (Å²) in [5.74, 6) is -1.44. The molecule has 118 valence electrons. The average Bonchev–Trinajstić information content (AvgIpc) is 2.92. The highest BCUT2D eigenvalue weighted by molar-refractivity contribution is 7.09. The molecule has 0 aliphatic carbocycles. The lowest BCUT2D eigenvalue weighted by Gasteiger charge is -2.14. The molecule has 2 aromatic rings. The molecule has 0 radical (unpaired) electrons. The third-order valence-corrected chi connectivity index (χ3v) is 3.52. The van der Waals surface area contributed by atoms with Crippen LogP contribution in [0.1, 0.15) is 36.2 Å². The number of carboxylic acids is 1. The summed E-state index contributed by atoms with van der Waals surface area (Å²) >= 11 is 1.46. The van der Waals surface area contributed by atoms with Crippen molar-refractivity contribution < 1.29 is 14.7 Å². The molecule has 0 spiro atoms. The van der Waals surface area contributed by atoms with Crippen LogP contribution < -0.4 is 5.32 Å². The summed E-state index contributed by atoms with van der Waals surface area (Å²) in [6, 6.07) is 7.58. The van der Waals surface area contributed by atoms with Crippen LogP contribution in [0.25, 0.3) is 0 Å². The number of benzene rings is 1. The molecule has 0 aliphatic rings. The summed E-state index contributed by atoms with van der Waals surface area (Å²) in [5, 5.41) is 14.4. The first-order valence-corrected chi connectivity index (χ1v) is 7.92. The number of aromatic nitrogens is 1. The molecule has 1 atom stereocenters. The van der Waals surface area contributed by atoms with Crippen LogP contribution in [0, 0.1) is 6.92 Å². The number of aliphatic carboxylic acids is 1. The van der Waals surface area contributed by atoms with E-state index in [-0.39, 0.29) is 12.3 Å². The molecule has 1 aromatic heterocycles. The van der Waals surface area contributed by atoms with Crippen LogP contribution >= 0.6 is 11.3 Å². The number of carbonyl (C=O) groups is 2. The number of thiazole rings is 1. The minimum atomic E-state index is -1.08. The Balaban J connectivity index is 0.00000116. The number of hydrogen-bond acceptors (Lipinski definition) is 4. The van der Waals surface area contributed by atoms with Crippen LogP contribution in [0.3, 0.4) is 0 Å². The molecule has 5 nitrogen and oxygen atoms in total. The Morgan fingerprint density at radius 1 is 1.27 bits per heavy atom. The molecule has 0 saturated carbocycles. The van der Waals surface area contributed by atoms with Gasteiger partial charge in [-0.1, -0.05) is 44.2 Å². The Kier molecular flexibility index (Phi) is 7.25. The Morgan fingerprint density at radius 3 is 2.41 bits per heavy atom. The van der Waals surface area contributed by atoms with E-state index in [0.29, 0.717) is 11.3 Å². The van der Waals surface area contributed by atoms with Gasteiger partial charge in [-0.15, -0.1) is 11.3 Å². The Bertz CT molecular complexity index is 611. The summed E-state index contributed by atoms with van der Waals surface area (Å²) in [6.45, 7) is 5.86. The number of rotatable bonds is 5. The van der Waals surface area contributed by atoms with Crippen LogP contribution in [0.4, 0.5) is 0 Å². The van der Waals surface area contributed by atoms with Crippen LogP contribution in [0.2, 0.25) is 0 Å². The third-order valence-electron chi connectivity index (χ3n) is 2.69. The third kappa shape index (κ3) is 5.29. The number of nitrogens with one attached hydrogen (secondary N) is 1. The van der Waals surface area contributed by atoms with Crippen LogP contribution in [-0.2, 0) is 16.0 Å². The van der Waals surface area contributed by atoms with Crippen LogP contribution in [0.5, 0.6) is 0 Å². The molecule has 0 fully saturated rings. The Hall–Kier alpha value is -2.21. The van der Waals surface area contributed by atoms with E-state index in [1.807, 2.05) is 20.8 Å². The van der Waals surface area contributed by atoms with Gasteiger partial charge in [0.15, 0.2) is 6.04 Å². The summed E-state index contributed by atoms with van der Waals surface area (Å²) < 4.78 is 0. The maximum atomic E-state index is 11.9. The van der Waals surface area contributed by atoms with Gasteiger partial charge in [0.1, 0.15) is 0 Å². The SMILES string of the molecule is CC.Cc1nc(CC(=O)NC(C(=O)O)c2ccccc2)cs1. The first-order valence-electron chi connectivity index (χ1n) is 7.04. The van der Waals surface area contributed by atoms with E-state index >= 15 is 0 Å². The van der Waals surface area contributed by atoms with E-state index in [4.69, 9.17) is 0 Å². The van der Waals surface area contributed by atoms with Crippen LogP contribution in [-0.4, -0.2) is 22.0 Å². The minimum absolute atomic E-state index is 0.0843. The molecular formula is C16H20N2O3S. The maximum absolute atomic E-state index is 11.9. The first-order chi connectivity index (χ1) is 10.6. The molecule has 1 heterocycles. The van der Waals surface area contributed by atoms with Gasteiger partial charge in [-0.25, -0.2) is 9.78 Å². The molecule has 2 N–H and O–H groups in total. The molecule has 1 amide bonds. The fourth-order valence-electron chi connectivity index (χ4n) is 1.80. The highest BCUT2D eigenvalue weighted by atomic mass is 32.1. The topological polar surface area (TPSA) is 79.3 Å². The number of carboxylic acid groups (broad SMARTS) is 1. The van der Waals surface area contributed by atoms with Gasteiger partial charge in [-0.05, 0) is 12.5 Å². The highest BCUT2D eigenvalue weighted by Gasteiger charge is 2.22. The maximum Gasteiger partial charge on any atom is 0.330 e. The van der Waals surface area contributed by atoms with Crippen molar-refractivity contribution in [1.29, 1.82) is 0 Å². The van der Waals surface area contributed by atoms with E-state index in [9.17, 15) is 14.7 Å². The molecule has 0 bridgehead atoms. The Labute approximate surface area is 134 Å². The van der Waals surface area contributed by atoms with Gasteiger partial charge in [0.25, 0.3) is 0 Å². The van der Waals surface area contributed by atoms with E-state index in [1.165, 1.54) is 11.3 Å². The number of amides is 1. The van der Waals surface area contributed by atoms with Gasteiger partial charge in [-0.2, -0.15) is 0 Å². The van der Waals surface area contributed by atoms with Gasteiger partial charge in [-0.3, -0.25) is 4.79 Å². The van der Waals surface area contributed by atoms with Crippen molar-refractivity contribution in [3.8, 4) is 0 Å². The van der Waals surface area contributed by atoms with Gasteiger partial charge in [0, 0.05) is 5.38 Å². The molecule has 0 aliphatic heterocycles. The monoisotopic (exact) mass is 320 g/mol. The molecule has 1 unspecified atom stereocenters. The van der Waals surface area contributed by atoms with Gasteiger partial charge < -0.3 is 10.4 Å². The molecule has 0 saturated heterocycles. The van der Waals surface area contributed by atoms with Gasteiger partial charge in [0.05, 0.1) is 17.1 Å². The minimum Gasteiger partial charge on any atom is -0.479 e. The van der Waals surface area contributed by atoms with Gasteiger partial charge >= 0.3 is 5.97 Å². The molecule has 1 aromatic carbocycles. The average molecular weight is 320 g/mol. The summed E-state index contributed by atoms with van der Waals surface area (Å²) in [7, 11) is 0. The number of aryl methyl sites for hydroxylation is 1. The van der Waals surface area contributed by atoms with E-state index in [0.717, 1.165) is 5.01 Å². The van der Waals surface area contributed by atoms with E-state index < -0.39 is 12.0 Å². The number of nitrogens with zero attached hydrogens (tertiary/aromatic N) is 1. The van der Waals surface area contributed by atoms with E-state index in [1.54, 1.807) is 35.7 Å². The smallest absolute Gasteiger partial charge is 0.330 e. The summed E-state index contributed by atoms with van der Waals surface area (Å²) in [6.07, 6.45) is 0.0843. The van der Waals surface area contributed by atoms with Crippen molar-refractivity contribution in [2.24, 2.45) is 0 Å². The summed E-state index contributed by atoms with van der Waals surface area (Å²) in [4.78, 5) is 27.3. The van der Waals surface area contributed by atoms with Crippen LogP contribution in [0.15, 0.2) is 35.7 Å². The second kappa shape index (κ2) is 8.94. The summed E-state index contributed by atoms with van der Waals surface area (Å²) in [5.41, 5.74) is 1.20. The molecule has 22 heavy (non-hydrogen) atoms. The fourth-order valence-corrected chi connectivity index (χ4v) is 2.41. The first kappa shape index (κ1) is 17.8. The normalized spacial score (nSPS) is 11.0. The zero-order chi connectivity index (χ0) is 16.5. The lowest BCUT2D eigenvalue weighted by molar-refractivity contribution is -0.142. The standard InChI is InChI=1S/C14H14N2O3S.C2H6/c1-9-15-11(8-20-9)7-12(17)16-13(14(18)19)10-5-3-2-4-6-10;1-2/h2-6,8,13H,7H2,1H3,(H,16,17)(H,18,19);1-2H3. The molecule has 6 heteroatoms. The van der Waals surface area contributed by atoms with Crippen molar-refractivity contribution in [2.75, 3.05) is 0 Å². The van der Waals surface area contributed by atoms with Crippen molar-refractivity contribution >= 4 is 23.2 Å². The Morgan fingerprint density at radius 2 is 1.91 bits per heavy atom. The highest BCUT2D eigenvalue weighted by Crippen LogP contribution is 2.14. The van der Waals surface area contributed by atoms with Crippen molar-refractivity contribution in [3.05, 3.63) is 52.0 Å². The lowest BCUT2D eigenvalue weighted by Crippen LogP contribution is -2.34. The quantitative estimate of drug-likeness (QED) is 0.887. The number of hydrogen-bond donors (Lipinski definition) is 2. The van der Waals surface area contributed by atoms with Crippen molar-refractivity contribution in [1.82, 2.24) is 10.3 Å². The largest absolute Gasteiger partial charge is 0.479 e. The second-order valence-corrected chi connectivity index (χ2v) is 5.35. The molecular weight excluding hydrogens is 300 g/mol. The fraction of sp³-hybridized carbons (Fsp3) is 0.312. The van der Waals surface area contributed by atoms with Crippen molar-refractivity contribution in [3.63, 3.8) is 0 Å². The second-order valence-electron chi connectivity index (χ2n) is 4.28. The van der Waals surface area contributed by atoms with E-state index in [2.05, 4.69) is 10.3 Å². The molecule has 2 rings (SSSR count). The predicted molar refractivity (Wildman–Crippen MR) is 86.9 cm³/mol. The zero-order valence-electron chi connectivity index (χ0n) is 12.9. The number of carbonyl (C=O) groups excluding carboxylic acids is 1. The van der Waals surface area contributed by atoms with Gasteiger partial charge in [0.2, 0.25) is 5.91 Å². The van der Waals surface area contributed by atoms with Crippen molar-refractivity contribution in [2.45, 2.75) is 33.2 Å². The lowest BCUT2D eigenvalue weighted by atomic mass is 10.1.